The number of morpholine rings is 1. The van der Waals surface area contributed by atoms with Gasteiger partial charge in [-0.15, -0.1) is 0 Å². The summed E-state index contributed by atoms with van der Waals surface area (Å²) in [7, 11) is 2.24. The summed E-state index contributed by atoms with van der Waals surface area (Å²) in [6.45, 7) is 6.19. The molecular formula is C15H29N3O. The van der Waals surface area contributed by atoms with Gasteiger partial charge in [-0.1, -0.05) is 12.8 Å². The highest BCUT2D eigenvalue weighted by atomic mass is 16.5. The van der Waals surface area contributed by atoms with Crippen molar-refractivity contribution >= 4 is 0 Å². The molecule has 3 aliphatic rings. The van der Waals surface area contributed by atoms with Crippen LogP contribution in [0.1, 0.15) is 39.0 Å². The Labute approximate surface area is 117 Å². The number of hydrogen-bond acceptors (Lipinski definition) is 4. The molecule has 3 rings (SSSR count). The van der Waals surface area contributed by atoms with Crippen LogP contribution in [-0.4, -0.2) is 66.8 Å². The van der Waals surface area contributed by atoms with Crippen molar-refractivity contribution in [2.75, 3.05) is 33.3 Å². The van der Waals surface area contributed by atoms with E-state index in [1.54, 1.807) is 0 Å². The van der Waals surface area contributed by atoms with Crippen LogP contribution in [0.3, 0.4) is 0 Å². The van der Waals surface area contributed by atoms with E-state index in [0.29, 0.717) is 18.2 Å². The molecule has 3 fully saturated rings. The number of rotatable bonds is 2. The maximum Gasteiger partial charge on any atom is 0.0731 e. The zero-order valence-electron chi connectivity index (χ0n) is 12.5. The molecular weight excluding hydrogens is 238 g/mol. The maximum absolute atomic E-state index is 6.24. The standard InChI is InChI=1S/C15H29N3O/c1-12-9-15(10-16,11-17(12)2)18-7-8-19-14-6-4-3-5-13(14)18/h12-14H,3-11,16H2,1-2H3. The summed E-state index contributed by atoms with van der Waals surface area (Å²) in [5, 5.41) is 0. The third kappa shape index (κ3) is 2.33. The molecule has 2 heterocycles. The van der Waals surface area contributed by atoms with Crippen molar-refractivity contribution in [3.63, 3.8) is 0 Å². The Morgan fingerprint density at radius 1 is 1.32 bits per heavy atom. The molecule has 4 atom stereocenters. The number of nitrogens with zero attached hydrogens (tertiary/aromatic N) is 2. The number of likely N-dealkylation sites (tertiary alicyclic amines) is 1. The minimum absolute atomic E-state index is 0.193. The average Bonchev–Trinajstić information content (AvgIpc) is 2.74. The summed E-state index contributed by atoms with van der Waals surface area (Å²) in [5.74, 6) is 0. The van der Waals surface area contributed by atoms with Crippen LogP contribution >= 0.6 is 0 Å². The Morgan fingerprint density at radius 3 is 2.79 bits per heavy atom. The fourth-order valence-corrected chi connectivity index (χ4v) is 4.55. The first-order valence-electron chi connectivity index (χ1n) is 7.95. The van der Waals surface area contributed by atoms with Gasteiger partial charge < -0.3 is 15.4 Å². The first kappa shape index (κ1) is 13.8. The minimum Gasteiger partial charge on any atom is -0.375 e. The molecule has 110 valence electrons. The molecule has 0 aromatic rings. The van der Waals surface area contributed by atoms with Crippen LogP contribution in [0, 0.1) is 0 Å². The van der Waals surface area contributed by atoms with Crippen molar-refractivity contribution in [3.8, 4) is 0 Å². The molecule has 0 aromatic heterocycles. The number of hydrogen-bond donors (Lipinski definition) is 1. The van der Waals surface area contributed by atoms with Crippen LogP contribution in [0.5, 0.6) is 0 Å². The van der Waals surface area contributed by atoms with Gasteiger partial charge in [-0.25, -0.2) is 0 Å². The molecule has 0 bridgehead atoms. The number of ether oxygens (including phenoxy) is 1. The monoisotopic (exact) mass is 267 g/mol. The molecule has 2 saturated heterocycles. The highest BCUT2D eigenvalue weighted by molar-refractivity contribution is 5.06. The van der Waals surface area contributed by atoms with E-state index in [9.17, 15) is 0 Å². The van der Waals surface area contributed by atoms with Crippen LogP contribution < -0.4 is 5.73 Å². The van der Waals surface area contributed by atoms with E-state index in [4.69, 9.17) is 10.5 Å². The van der Waals surface area contributed by atoms with Gasteiger partial charge >= 0.3 is 0 Å². The summed E-state index contributed by atoms with van der Waals surface area (Å²) in [6.07, 6.45) is 6.90. The lowest BCUT2D eigenvalue weighted by atomic mass is 9.84. The molecule has 4 heteroatoms. The lowest BCUT2D eigenvalue weighted by Crippen LogP contribution is -2.65. The highest BCUT2D eigenvalue weighted by Crippen LogP contribution is 2.38. The number of nitrogens with two attached hydrogens (primary N) is 1. The third-order valence-electron chi connectivity index (χ3n) is 5.69. The topological polar surface area (TPSA) is 41.7 Å². The summed E-state index contributed by atoms with van der Waals surface area (Å²) >= 11 is 0. The first-order chi connectivity index (χ1) is 9.16. The molecule has 0 spiro atoms. The second-order valence-electron chi connectivity index (χ2n) is 6.85. The minimum atomic E-state index is 0.193. The van der Waals surface area contributed by atoms with Crippen LogP contribution in [0.15, 0.2) is 0 Å². The normalized spacial score (nSPS) is 45.3. The van der Waals surface area contributed by atoms with Gasteiger partial charge in [0.1, 0.15) is 0 Å². The fourth-order valence-electron chi connectivity index (χ4n) is 4.55. The van der Waals surface area contributed by atoms with Gasteiger partial charge in [0.25, 0.3) is 0 Å². The average molecular weight is 267 g/mol. The molecule has 19 heavy (non-hydrogen) atoms. The summed E-state index contributed by atoms with van der Waals surface area (Å²) < 4.78 is 6.02. The van der Waals surface area contributed by atoms with Crippen molar-refractivity contribution in [1.29, 1.82) is 0 Å². The van der Waals surface area contributed by atoms with E-state index in [1.165, 1.54) is 32.1 Å². The summed E-state index contributed by atoms with van der Waals surface area (Å²) in [4.78, 5) is 5.21. The molecule has 0 radical (unpaired) electrons. The van der Waals surface area contributed by atoms with Crippen molar-refractivity contribution in [3.05, 3.63) is 0 Å². The zero-order valence-corrected chi connectivity index (χ0v) is 12.5. The van der Waals surface area contributed by atoms with E-state index in [1.807, 2.05) is 0 Å². The second kappa shape index (κ2) is 5.32. The lowest BCUT2D eigenvalue weighted by molar-refractivity contribution is -0.122. The smallest absolute Gasteiger partial charge is 0.0731 e. The van der Waals surface area contributed by atoms with E-state index in [2.05, 4.69) is 23.8 Å². The molecule has 0 amide bonds. The van der Waals surface area contributed by atoms with E-state index in [-0.39, 0.29) is 5.54 Å². The van der Waals surface area contributed by atoms with Crippen molar-refractivity contribution in [1.82, 2.24) is 9.80 Å². The Bertz CT molecular complexity index is 311. The Kier molecular flexibility index (Phi) is 3.87. The Balaban J connectivity index is 1.82. The van der Waals surface area contributed by atoms with Gasteiger partial charge in [-0.3, -0.25) is 4.90 Å². The van der Waals surface area contributed by atoms with Crippen LogP contribution in [-0.2, 0) is 4.74 Å². The molecule has 0 aromatic carbocycles. The summed E-state index contributed by atoms with van der Waals surface area (Å²) in [5.41, 5.74) is 6.43. The van der Waals surface area contributed by atoms with E-state index < -0.39 is 0 Å². The first-order valence-corrected chi connectivity index (χ1v) is 7.95. The molecule has 4 unspecified atom stereocenters. The number of fused-ring (bicyclic) bond motifs is 1. The van der Waals surface area contributed by atoms with Crippen LogP contribution in [0.25, 0.3) is 0 Å². The third-order valence-corrected chi connectivity index (χ3v) is 5.69. The van der Waals surface area contributed by atoms with Crippen LogP contribution in [0.2, 0.25) is 0 Å². The van der Waals surface area contributed by atoms with E-state index >= 15 is 0 Å². The molecule has 1 saturated carbocycles. The Hall–Kier alpha value is -0.160. The quantitative estimate of drug-likeness (QED) is 0.812. The van der Waals surface area contributed by atoms with Crippen molar-refractivity contribution in [2.45, 2.75) is 62.8 Å². The SMILES string of the molecule is CC1CC(CN)(N2CCOC3CCCCC32)CN1C. The van der Waals surface area contributed by atoms with Crippen molar-refractivity contribution < 1.29 is 4.74 Å². The highest BCUT2D eigenvalue weighted by Gasteiger charge is 2.49. The van der Waals surface area contributed by atoms with Gasteiger partial charge in [-0.05, 0) is 33.2 Å². The second-order valence-corrected chi connectivity index (χ2v) is 6.85. The van der Waals surface area contributed by atoms with Gasteiger partial charge in [0.15, 0.2) is 0 Å². The predicted molar refractivity (Wildman–Crippen MR) is 77.2 cm³/mol. The van der Waals surface area contributed by atoms with Gasteiger partial charge in [0.05, 0.1) is 12.7 Å². The maximum atomic E-state index is 6.24. The zero-order chi connectivity index (χ0) is 13.5. The van der Waals surface area contributed by atoms with Gasteiger partial charge in [0.2, 0.25) is 0 Å². The number of likely N-dealkylation sites (N-methyl/N-ethyl adjacent to an activating group) is 1. The largest absolute Gasteiger partial charge is 0.375 e. The van der Waals surface area contributed by atoms with Crippen LogP contribution in [0.4, 0.5) is 0 Å². The fraction of sp³-hybridized carbons (Fsp3) is 1.00. The summed E-state index contributed by atoms with van der Waals surface area (Å²) in [6, 6.07) is 1.26. The Morgan fingerprint density at radius 2 is 2.11 bits per heavy atom. The molecule has 2 aliphatic heterocycles. The van der Waals surface area contributed by atoms with Gasteiger partial charge in [0, 0.05) is 37.3 Å². The van der Waals surface area contributed by atoms with Crippen molar-refractivity contribution in [2.24, 2.45) is 5.73 Å². The lowest BCUT2D eigenvalue weighted by Gasteiger charge is -2.52. The predicted octanol–water partition coefficient (Wildman–Crippen LogP) is 1.05. The molecule has 2 N–H and O–H groups in total. The molecule has 1 aliphatic carbocycles. The van der Waals surface area contributed by atoms with Gasteiger partial charge in [-0.2, -0.15) is 0 Å². The molecule has 4 nitrogen and oxygen atoms in total. The van der Waals surface area contributed by atoms with E-state index in [0.717, 1.165) is 26.2 Å².